The van der Waals surface area contributed by atoms with Crippen LogP contribution in [0.1, 0.15) is 54.5 Å². The molecule has 0 radical (unpaired) electrons. The molecule has 0 amide bonds. The van der Waals surface area contributed by atoms with E-state index in [2.05, 4.69) is 82.2 Å². The molecule has 0 N–H and O–H groups in total. The standard InChI is InChI=1S/C10H13N3.C10H14.CH4/c1-10(2,3)13-9-7-5-4-6-8(9)11-12-13;1-10(2,3)9-7-5-4-6-8-9;/h4-7H,1-3H3;4-8H,1-3H3;1H4. The zero-order valence-corrected chi connectivity index (χ0v) is 15.0. The second kappa shape index (κ2) is 7.61. The summed E-state index contributed by atoms with van der Waals surface area (Å²) in [5, 5.41) is 8.23. The minimum absolute atomic E-state index is 0. The van der Waals surface area contributed by atoms with Crippen LogP contribution in [0.15, 0.2) is 54.6 Å². The van der Waals surface area contributed by atoms with Crippen LogP contribution in [0.3, 0.4) is 0 Å². The molecule has 0 bridgehead atoms. The van der Waals surface area contributed by atoms with Crippen molar-refractivity contribution in [2.45, 2.75) is 59.9 Å². The van der Waals surface area contributed by atoms with Gasteiger partial charge >= 0.3 is 0 Å². The van der Waals surface area contributed by atoms with E-state index in [-0.39, 0.29) is 13.0 Å². The van der Waals surface area contributed by atoms with Gasteiger partial charge in [0.15, 0.2) is 0 Å². The van der Waals surface area contributed by atoms with E-state index >= 15 is 0 Å². The third kappa shape index (κ3) is 4.92. The number of para-hydroxylation sites is 1. The Morgan fingerprint density at radius 2 is 1.29 bits per heavy atom. The average molecular weight is 326 g/mol. The smallest absolute Gasteiger partial charge is 0.113 e. The predicted molar refractivity (Wildman–Crippen MR) is 104 cm³/mol. The molecule has 0 aliphatic heterocycles. The van der Waals surface area contributed by atoms with E-state index < -0.39 is 0 Å². The summed E-state index contributed by atoms with van der Waals surface area (Å²) in [4.78, 5) is 0. The minimum atomic E-state index is -0.00387. The Morgan fingerprint density at radius 3 is 1.79 bits per heavy atom. The van der Waals surface area contributed by atoms with E-state index in [1.54, 1.807) is 0 Å². The predicted octanol–water partition coefficient (Wildman–Crippen LogP) is 5.81. The molecule has 0 spiro atoms. The molecule has 0 atom stereocenters. The number of rotatable bonds is 0. The van der Waals surface area contributed by atoms with Gasteiger partial charge in [0.25, 0.3) is 0 Å². The summed E-state index contributed by atoms with van der Waals surface area (Å²) in [6.07, 6.45) is 0. The third-order valence-electron chi connectivity index (χ3n) is 3.63. The summed E-state index contributed by atoms with van der Waals surface area (Å²) >= 11 is 0. The molecular weight excluding hydrogens is 294 g/mol. The number of fused-ring (bicyclic) bond motifs is 1. The summed E-state index contributed by atoms with van der Waals surface area (Å²) in [5.74, 6) is 0. The Kier molecular flexibility index (Phi) is 6.30. The van der Waals surface area contributed by atoms with Crippen molar-refractivity contribution < 1.29 is 0 Å². The van der Waals surface area contributed by atoms with Crippen molar-refractivity contribution in [3.63, 3.8) is 0 Å². The van der Waals surface area contributed by atoms with Crippen LogP contribution in [0.25, 0.3) is 11.0 Å². The van der Waals surface area contributed by atoms with Gasteiger partial charge in [0.1, 0.15) is 5.52 Å². The summed E-state index contributed by atoms with van der Waals surface area (Å²) in [7, 11) is 0. The average Bonchev–Trinajstić information content (AvgIpc) is 2.92. The Morgan fingerprint density at radius 1 is 0.750 bits per heavy atom. The van der Waals surface area contributed by atoms with Gasteiger partial charge < -0.3 is 0 Å². The van der Waals surface area contributed by atoms with Crippen LogP contribution in [0.4, 0.5) is 0 Å². The Balaban J connectivity index is 0.000000238. The van der Waals surface area contributed by atoms with Gasteiger partial charge in [-0.15, -0.1) is 5.10 Å². The molecule has 130 valence electrons. The van der Waals surface area contributed by atoms with Crippen LogP contribution in [-0.2, 0) is 11.0 Å². The summed E-state index contributed by atoms with van der Waals surface area (Å²) in [5.41, 5.74) is 3.74. The van der Waals surface area contributed by atoms with E-state index in [1.807, 2.05) is 28.9 Å². The number of hydrogen-bond acceptors (Lipinski definition) is 2. The highest BCUT2D eigenvalue weighted by atomic mass is 15.4. The molecule has 3 aromatic rings. The van der Waals surface area contributed by atoms with Crippen molar-refractivity contribution in [2.75, 3.05) is 0 Å². The van der Waals surface area contributed by atoms with E-state index in [0.717, 1.165) is 11.0 Å². The number of aromatic nitrogens is 3. The van der Waals surface area contributed by atoms with Crippen molar-refractivity contribution in [1.29, 1.82) is 0 Å². The van der Waals surface area contributed by atoms with Gasteiger partial charge in [-0.1, -0.05) is 75.9 Å². The Labute approximate surface area is 146 Å². The number of hydrogen-bond donors (Lipinski definition) is 0. The van der Waals surface area contributed by atoms with Gasteiger partial charge in [0.2, 0.25) is 0 Å². The van der Waals surface area contributed by atoms with Gasteiger partial charge in [-0.05, 0) is 43.9 Å². The van der Waals surface area contributed by atoms with Gasteiger partial charge in [-0.3, -0.25) is 0 Å². The number of benzene rings is 2. The molecule has 1 heterocycles. The lowest BCUT2D eigenvalue weighted by atomic mass is 9.87. The number of nitrogens with zero attached hydrogens (tertiary/aromatic N) is 3. The second-order valence-electron chi connectivity index (χ2n) is 7.78. The normalized spacial score (nSPS) is 11.4. The van der Waals surface area contributed by atoms with Crippen LogP contribution >= 0.6 is 0 Å². The molecule has 24 heavy (non-hydrogen) atoms. The summed E-state index contributed by atoms with van der Waals surface area (Å²) < 4.78 is 1.95. The third-order valence-corrected chi connectivity index (χ3v) is 3.63. The molecule has 2 aromatic carbocycles. The lowest BCUT2D eigenvalue weighted by Crippen LogP contribution is -2.22. The lowest BCUT2D eigenvalue weighted by molar-refractivity contribution is 0.358. The van der Waals surface area contributed by atoms with Gasteiger partial charge in [-0.2, -0.15) is 0 Å². The molecule has 3 heteroatoms. The maximum absolute atomic E-state index is 4.13. The first-order valence-corrected chi connectivity index (χ1v) is 8.06. The second-order valence-corrected chi connectivity index (χ2v) is 7.78. The maximum Gasteiger partial charge on any atom is 0.113 e. The fourth-order valence-electron chi connectivity index (χ4n) is 2.30. The van der Waals surface area contributed by atoms with E-state index in [0.29, 0.717) is 5.41 Å². The van der Waals surface area contributed by atoms with Crippen molar-refractivity contribution in [3.8, 4) is 0 Å². The van der Waals surface area contributed by atoms with Crippen LogP contribution in [0, 0.1) is 0 Å². The Hall–Kier alpha value is -2.16. The molecule has 0 saturated heterocycles. The van der Waals surface area contributed by atoms with Crippen LogP contribution in [0.2, 0.25) is 0 Å². The molecule has 0 fully saturated rings. The molecular formula is C21H31N3. The zero-order valence-electron chi connectivity index (χ0n) is 15.0. The SMILES string of the molecule is C.CC(C)(C)c1ccccc1.CC(C)(C)n1nnc2ccccc21. The highest BCUT2D eigenvalue weighted by Crippen LogP contribution is 2.21. The van der Waals surface area contributed by atoms with Gasteiger partial charge in [-0.25, -0.2) is 4.68 Å². The van der Waals surface area contributed by atoms with Crippen molar-refractivity contribution >= 4 is 11.0 Å². The zero-order chi connectivity index (χ0) is 17.1. The molecule has 1 aromatic heterocycles. The highest BCUT2D eigenvalue weighted by Gasteiger charge is 2.16. The quantitative estimate of drug-likeness (QED) is 0.522. The van der Waals surface area contributed by atoms with Gasteiger partial charge in [0.05, 0.1) is 11.1 Å². The fourth-order valence-corrected chi connectivity index (χ4v) is 2.30. The van der Waals surface area contributed by atoms with Crippen LogP contribution < -0.4 is 0 Å². The van der Waals surface area contributed by atoms with Crippen LogP contribution in [-0.4, -0.2) is 15.0 Å². The molecule has 0 aliphatic rings. The topological polar surface area (TPSA) is 30.7 Å². The van der Waals surface area contributed by atoms with Crippen molar-refractivity contribution in [1.82, 2.24) is 15.0 Å². The maximum atomic E-state index is 4.13. The molecule has 0 saturated carbocycles. The van der Waals surface area contributed by atoms with E-state index in [9.17, 15) is 0 Å². The summed E-state index contributed by atoms with van der Waals surface area (Å²) in [6.45, 7) is 13.0. The largest absolute Gasteiger partial charge is 0.239 e. The fraction of sp³-hybridized carbons (Fsp3) is 0.429. The van der Waals surface area contributed by atoms with E-state index in [1.165, 1.54) is 5.56 Å². The molecule has 0 aliphatic carbocycles. The molecule has 0 unspecified atom stereocenters. The highest BCUT2D eigenvalue weighted by molar-refractivity contribution is 5.74. The molecule has 3 nitrogen and oxygen atoms in total. The molecule has 3 rings (SSSR count). The monoisotopic (exact) mass is 325 g/mol. The Bertz CT molecular complexity index is 744. The van der Waals surface area contributed by atoms with Crippen molar-refractivity contribution in [2.24, 2.45) is 0 Å². The summed E-state index contributed by atoms with van der Waals surface area (Å²) in [6, 6.07) is 18.6. The van der Waals surface area contributed by atoms with Gasteiger partial charge in [0, 0.05) is 0 Å². The first-order chi connectivity index (χ1) is 10.7. The lowest BCUT2D eigenvalue weighted by Gasteiger charge is -2.18. The van der Waals surface area contributed by atoms with Crippen molar-refractivity contribution in [3.05, 3.63) is 60.2 Å². The minimum Gasteiger partial charge on any atom is -0.239 e. The first-order valence-electron chi connectivity index (χ1n) is 8.06. The van der Waals surface area contributed by atoms with E-state index in [4.69, 9.17) is 0 Å². The van der Waals surface area contributed by atoms with Crippen LogP contribution in [0.5, 0.6) is 0 Å². The first kappa shape index (κ1) is 19.9.